The first kappa shape index (κ1) is 11.5. The lowest BCUT2D eigenvalue weighted by atomic mass is 10.2. The fourth-order valence-corrected chi connectivity index (χ4v) is 1.57. The Labute approximate surface area is 88.4 Å². The van der Waals surface area contributed by atoms with E-state index in [4.69, 9.17) is 23.2 Å². The van der Waals surface area contributed by atoms with Crippen molar-refractivity contribution in [3.63, 3.8) is 0 Å². The lowest BCUT2D eigenvalue weighted by Crippen LogP contribution is -2.17. The number of benzene rings is 1. The van der Waals surface area contributed by atoms with Crippen molar-refractivity contribution in [1.82, 2.24) is 0 Å². The predicted molar refractivity (Wildman–Crippen MR) is 47.9 cm³/mol. The minimum absolute atomic E-state index is 0.160. The van der Waals surface area contributed by atoms with Crippen LogP contribution in [0.3, 0.4) is 0 Å². The molecule has 0 N–H and O–H groups in total. The van der Waals surface area contributed by atoms with Crippen molar-refractivity contribution in [2.45, 2.75) is 13.3 Å². The molecule has 0 bridgehead atoms. The molecule has 0 fully saturated rings. The molecule has 0 spiro atoms. The van der Waals surface area contributed by atoms with E-state index in [1.807, 2.05) is 0 Å². The number of aryl methyl sites for hydroxylation is 1. The van der Waals surface area contributed by atoms with Gasteiger partial charge in [-0.2, -0.15) is 0 Å². The molecule has 0 unspecified atom stereocenters. The number of rotatable bonds is 1. The molecule has 0 aromatic heterocycles. The lowest BCUT2D eigenvalue weighted by molar-refractivity contribution is -0.274. The topological polar surface area (TPSA) is 9.23 Å². The largest absolute Gasteiger partial charge is 0.573 e. The maximum atomic E-state index is 11.9. The quantitative estimate of drug-likeness (QED) is 0.720. The van der Waals surface area contributed by atoms with Crippen LogP contribution in [0.5, 0.6) is 5.75 Å². The summed E-state index contributed by atoms with van der Waals surface area (Å²) in [5.74, 6) is -0.563. The van der Waals surface area contributed by atoms with Crippen LogP contribution in [-0.2, 0) is 0 Å². The number of alkyl halides is 3. The summed E-state index contributed by atoms with van der Waals surface area (Å²) < 4.78 is 39.2. The van der Waals surface area contributed by atoms with Gasteiger partial charge in [0.05, 0.1) is 10.0 Å². The zero-order valence-corrected chi connectivity index (χ0v) is 8.46. The van der Waals surface area contributed by atoms with E-state index in [2.05, 4.69) is 4.74 Å². The normalized spacial score (nSPS) is 11.6. The zero-order chi connectivity index (χ0) is 10.9. The van der Waals surface area contributed by atoms with E-state index in [1.54, 1.807) is 6.92 Å². The van der Waals surface area contributed by atoms with E-state index in [0.29, 0.717) is 5.56 Å². The van der Waals surface area contributed by atoms with Crippen LogP contribution in [-0.4, -0.2) is 6.36 Å². The smallest absolute Gasteiger partial charge is 0.403 e. The average molecular weight is 245 g/mol. The molecule has 0 amide bonds. The van der Waals surface area contributed by atoms with Crippen LogP contribution in [0.2, 0.25) is 10.0 Å². The minimum Gasteiger partial charge on any atom is -0.403 e. The molecule has 0 aliphatic heterocycles. The van der Waals surface area contributed by atoms with Gasteiger partial charge < -0.3 is 4.74 Å². The Morgan fingerprint density at radius 1 is 1.14 bits per heavy atom. The third-order valence-electron chi connectivity index (χ3n) is 1.36. The second kappa shape index (κ2) is 3.87. The van der Waals surface area contributed by atoms with E-state index < -0.39 is 12.1 Å². The van der Waals surface area contributed by atoms with Gasteiger partial charge in [0.25, 0.3) is 0 Å². The van der Waals surface area contributed by atoms with Gasteiger partial charge in [-0.15, -0.1) is 13.2 Å². The highest BCUT2D eigenvalue weighted by molar-refractivity contribution is 6.37. The van der Waals surface area contributed by atoms with Gasteiger partial charge in [0.15, 0.2) is 5.75 Å². The molecule has 1 aromatic carbocycles. The Morgan fingerprint density at radius 2 is 1.57 bits per heavy atom. The molecule has 6 heteroatoms. The summed E-state index contributed by atoms with van der Waals surface area (Å²) in [4.78, 5) is 0. The van der Waals surface area contributed by atoms with Crippen LogP contribution < -0.4 is 4.74 Å². The maximum Gasteiger partial charge on any atom is 0.573 e. The van der Waals surface area contributed by atoms with Gasteiger partial charge in [-0.25, -0.2) is 0 Å². The molecule has 0 atom stereocenters. The van der Waals surface area contributed by atoms with Gasteiger partial charge >= 0.3 is 6.36 Å². The SMILES string of the molecule is Cc1cc(Cl)c(OC(F)(F)F)c(Cl)c1. The highest BCUT2D eigenvalue weighted by atomic mass is 35.5. The fourth-order valence-electron chi connectivity index (χ4n) is 0.900. The van der Waals surface area contributed by atoms with Gasteiger partial charge in [-0.1, -0.05) is 23.2 Å². The van der Waals surface area contributed by atoms with Gasteiger partial charge in [0.2, 0.25) is 0 Å². The van der Waals surface area contributed by atoms with Crippen molar-refractivity contribution in [2.24, 2.45) is 0 Å². The summed E-state index contributed by atoms with van der Waals surface area (Å²) in [6, 6.07) is 2.68. The first-order valence-electron chi connectivity index (χ1n) is 3.51. The first-order chi connectivity index (χ1) is 6.29. The van der Waals surface area contributed by atoms with Crippen molar-refractivity contribution in [3.05, 3.63) is 27.7 Å². The Balaban J connectivity index is 3.09. The van der Waals surface area contributed by atoms with E-state index in [-0.39, 0.29) is 10.0 Å². The molecule has 0 radical (unpaired) electrons. The molecule has 0 heterocycles. The molecule has 1 aromatic rings. The summed E-state index contributed by atoms with van der Waals surface area (Å²) in [6.45, 7) is 1.66. The zero-order valence-electron chi connectivity index (χ0n) is 6.95. The summed E-state index contributed by atoms with van der Waals surface area (Å²) in [6.07, 6.45) is -4.79. The van der Waals surface area contributed by atoms with Crippen LogP contribution in [0.1, 0.15) is 5.56 Å². The van der Waals surface area contributed by atoms with E-state index in [9.17, 15) is 13.2 Å². The lowest BCUT2D eigenvalue weighted by Gasteiger charge is -2.12. The van der Waals surface area contributed by atoms with Crippen LogP contribution in [0.15, 0.2) is 12.1 Å². The summed E-state index contributed by atoms with van der Waals surface area (Å²) in [5, 5.41) is -0.320. The Bertz CT molecular complexity index is 326. The molecule has 0 aliphatic rings. The number of halogens is 5. The van der Waals surface area contributed by atoms with Crippen molar-refractivity contribution in [2.75, 3.05) is 0 Å². The van der Waals surface area contributed by atoms with Crippen LogP contribution in [0, 0.1) is 6.92 Å². The molecular weight excluding hydrogens is 240 g/mol. The minimum atomic E-state index is -4.79. The Kier molecular flexibility index (Phi) is 3.17. The number of ether oxygens (including phenoxy) is 1. The first-order valence-corrected chi connectivity index (χ1v) is 4.26. The van der Waals surface area contributed by atoms with Gasteiger partial charge in [-0.05, 0) is 24.6 Å². The fraction of sp³-hybridized carbons (Fsp3) is 0.250. The molecular formula is C8H5Cl2F3O. The van der Waals surface area contributed by atoms with Crippen molar-refractivity contribution < 1.29 is 17.9 Å². The van der Waals surface area contributed by atoms with Crippen molar-refractivity contribution in [3.8, 4) is 5.75 Å². The molecule has 1 rings (SSSR count). The molecule has 0 saturated heterocycles. The summed E-state index contributed by atoms with van der Waals surface area (Å²) in [7, 11) is 0. The second-order valence-electron chi connectivity index (χ2n) is 2.61. The molecule has 1 nitrogen and oxygen atoms in total. The summed E-state index contributed by atoms with van der Waals surface area (Å²) >= 11 is 11.1. The summed E-state index contributed by atoms with van der Waals surface area (Å²) in [5.41, 5.74) is 0.662. The maximum absolute atomic E-state index is 11.9. The second-order valence-corrected chi connectivity index (χ2v) is 3.42. The van der Waals surface area contributed by atoms with Crippen LogP contribution >= 0.6 is 23.2 Å². The standard InChI is InChI=1S/C8H5Cl2F3O/c1-4-2-5(9)7(6(10)3-4)14-8(11,12)13/h2-3H,1H3. The van der Waals surface area contributed by atoms with Crippen LogP contribution in [0.4, 0.5) is 13.2 Å². The van der Waals surface area contributed by atoms with Gasteiger partial charge in [0.1, 0.15) is 0 Å². The monoisotopic (exact) mass is 244 g/mol. The number of hydrogen-bond donors (Lipinski definition) is 0. The molecule has 78 valence electrons. The highest BCUT2D eigenvalue weighted by Crippen LogP contribution is 2.37. The van der Waals surface area contributed by atoms with E-state index in [0.717, 1.165) is 0 Å². The highest BCUT2D eigenvalue weighted by Gasteiger charge is 2.33. The predicted octanol–water partition coefficient (Wildman–Crippen LogP) is 4.20. The Morgan fingerprint density at radius 3 is 1.93 bits per heavy atom. The van der Waals surface area contributed by atoms with E-state index >= 15 is 0 Å². The van der Waals surface area contributed by atoms with Crippen molar-refractivity contribution in [1.29, 1.82) is 0 Å². The van der Waals surface area contributed by atoms with E-state index in [1.165, 1.54) is 12.1 Å². The average Bonchev–Trinajstić information content (AvgIpc) is 1.95. The Hall–Kier alpha value is -0.610. The number of hydrogen-bond acceptors (Lipinski definition) is 1. The van der Waals surface area contributed by atoms with Gasteiger partial charge in [0, 0.05) is 0 Å². The molecule has 0 saturated carbocycles. The van der Waals surface area contributed by atoms with Crippen LogP contribution in [0.25, 0.3) is 0 Å². The molecule has 14 heavy (non-hydrogen) atoms. The third-order valence-corrected chi connectivity index (χ3v) is 1.92. The molecule has 0 aliphatic carbocycles. The van der Waals surface area contributed by atoms with Gasteiger partial charge in [-0.3, -0.25) is 0 Å². The van der Waals surface area contributed by atoms with Crippen molar-refractivity contribution >= 4 is 23.2 Å². The third kappa shape index (κ3) is 2.96.